The van der Waals surface area contributed by atoms with Gasteiger partial charge < -0.3 is 9.47 Å². The summed E-state index contributed by atoms with van der Waals surface area (Å²) in [5.74, 6) is 0. The number of rotatable bonds is 8. The van der Waals surface area contributed by atoms with Gasteiger partial charge in [0.1, 0.15) is 0 Å². The lowest BCUT2D eigenvalue weighted by Crippen LogP contribution is -2.20. The Kier molecular flexibility index (Phi) is 7.77. The second-order valence-corrected chi connectivity index (χ2v) is 5.03. The van der Waals surface area contributed by atoms with Gasteiger partial charge in [0.2, 0.25) is 0 Å². The molecular weight excluding hydrogens is 297 g/mol. The van der Waals surface area contributed by atoms with Crippen molar-refractivity contribution in [3.05, 3.63) is 35.4 Å². The Labute approximate surface area is 128 Å². The lowest BCUT2D eigenvalue weighted by molar-refractivity contribution is -0.299. The first-order valence-corrected chi connectivity index (χ1v) is 7.41. The highest BCUT2D eigenvalue weighted by molar-refractivity contribution is 5.59. The van der Waals surface area contributed by atoms with E-state index in [1.807, 2.05) is 12.1 Å². The Morgan fingerprint density at radius 3 is 2.32 bits per heavy atom. The zero-order valence-electron chi connectivity index (χ0n) is 12.6. The second-order valence-electron chi connectivity index (χ2n) is 5.03. The van der Waals surface area contributed by atoms with E-state index in [1.54, 1.807) is 0 Å². The van der Waals surface area contributed by atoms with E-state index in [1.165, 1.54) is 18.4 Å². The van der Waals surface area contributed by atoms with Gasteiger partial charge >= 0.3 is 12.5 Å². The molecule has 0 saturated heterocycles. The van der Waals surface area contributed by atoms with E-state index in [4.69, 9.17) is 0 Å². The highest BCUT2D eigenvalue weighted by Gasteiger charge is 2.34. The van der Waals surface area contributed by atoms with Crippen molar-refractivity contribution in [2.24, 2.45) is 0 Å². The number of unbranched alkanes of at least 4 members (excludes halogenated alkanes) is 2. The average Bonchev–Trinajstić information content (AvgIpc) is 2.43. The number of benzene rings is 1. The molecule has 0 N–H and O–H groups in total. The Morgan fingerprint density at radius 1 is 1.09 bits per heavy atom. The van der Waals surface area contributed by atoms with Crippen LogP contribution in [-0.2, 0) is 22.3 Å². The summed E-state index contributed by atoms with van der Waals surface area (Å²) in [5.41, 5.74) is 2.34. The molecule has 0 saturated carbocycles. The van der Waals surface area contributed by atoms with Crippen molar-refractivity contribution in [3.63, 3.8) is 0 Å². The fraction of sp³-hybridized carbons (Fsp3) is 0.562. The standard InChI is InChI=1S/C16H21F3O3/c1-2-3-4-7-13-8-5-9-14(12-13)10-6-11-21-15(20)22-16(17,18)19/h5,8-9,12H,2-4,6-7,10-11H2,1H3. The Morgan fingerprint density at radius 2 is 1.73 bits per heavy atom. The van der Waals surface area contributed by atoms with Crippen LogP contribution in [0.15, 0.2) is 24.3 Å². The summed E-state index contributed by atoms with van der Waals surface area (Å²) >= 11 is 0. The number of carbonyl (C=O) groups is 1. The van der Waals surface area contributed by atoms with Gasteiger partial charge in [-0.25, -0.2) is 4.79 Å². The van der Waals surface area contributed by atoms with Gasteiger partial charge in [-0.3, -0.25) is 0 Å². The summed E-state index contributed by atoms with van der Waals surface area (Å²) < 4.78 is 42.7. The number of ether oxygens (including phenoxy) is 2. The van der Waals surface area contributed by atoms with Crippen LogP contribution in [0.25, 0.3) is 0 Å². The SMILES string of the molecule is CCCCCc1cccc(CCCOC(=O)OC(F)(F)F)c1. The molecule has 0 radical (unpaired) electrons. The smallest absolute Gasteiger partial charge is 0.434 e. The fourth-order valence-electron chi connectivity index (χ4n) is 2.08. The maximum atomic E-state index is 11.7. The summed E-state index contributed by atoms with van der Waals surface area (Å²) in [6.07, 6.45) is -1.08. The van der Waals surface area contributed by atoms with Crippen molar-refractivity contribution in [1.82, 2.24) is 0 Å². The highest BCUT2D eigenvalue weighted by atomic mass is 19.4. The monoisotopic (exact) mass is 318 g/mol. The van der Waals surface area contributed by atoms with E-state index < -0.39 is 12.5 Å². The summed E-state index contributed by atoms with van der Waals surface area (Å²) in [6, 6.07) is 8.08. The van der Waals surface area contributed by atoms with Crippen molar-refractivity contribution < 1.29 is 27.4 Å². The molecule has 1 rings (SSSR count). The van der Waals surface area contributed by atoms with Crippen LogP contribution in [0.3, 0.4) is 0 Å². The number of alkyl halides is 3. The van der Waals surface area contributed by atoms with E-state index in [-0.39, 0.29) is 6.61 Å². The summed E-state index contributed by atoms with van der Waals surface area (Å²) in [7, 11) is 0. The molecule has 3 nitrogen and oxygen atoms in total. The molecule has 0 aliphatic carbocycles. The van der Waals surface area contributed by atoms with Gasteiger partial charge in [-0.05, 0) is 36.8 Å². The second kappa shape index (κ2) is 9.33. The van der Waals surface area contributed by atoms with Crippen LogP contribution >= 0.6 is 0 Å². The molecule has 0 bridgehead atoms. The first-order chi connectivity index (χ1) is 10.4. The minimum Gasteiger partial charge on any atom is -0.434 e. The van der Waals surface area contributed by atoms with Crippen LogP contribution in [-0.4, -0.2) is 19.1 Å². The van der Waals surface area contributed by atoms with Crippen molar-refractivity contribution >= 4 is 6.16 Å². The quantitative estimate of drug-likeness (QED) is 0.498. The van der Waals surface area contributed by atoms with Gasteiger partial charge in [0.05, 0.1) is 6.61 Å². The number of hydrogen-bond acceptors (Lipinski definition) is 3. The summed E-state index contributed by atoms with van der Waals surface area (Å²) in [6.45, 7) is 2.05. The molecule has 1 aromatic rings. The zero-order valence-corrected chi connectivity index (χ0v) is 12.6. The molecule has 0 unspecified atom stereocenters. The molecule has 0 spiro atoms. The predicted molar refractivity (Wildman–Crippen MR) is 76.5 cm³/mol. The van der Waals surface area contributed by atoms with Crippen LogP contribution < -0.4 is 0 Å². The van der Waals surface area contributed by atoms with Crippen LogP contribution in [0, 0.1) is 0 Å². The minimum absolute atomic E-state index is 0.102. The summed E-state index contributed by atoms with van der Waals surface area (Å²) in [5, 5.41) is 0. The lowest BCUT2D eigenvalue weighted by Gasteiger charge is -2.08. The lowest BCUT2D eigenvalue weighted by atomic mass is 10.0. The number of aryl methyl sites for hydroxylation is 2. The van der Waals surface area contributed by atoms with E-state index >= 15 is 0 Å². The highest BCUT2D eigenvalue weighted by Crippen LogP contribution is 2.17. The van der Waals surface area contributed by atoms with E-state index in [9.17, 15) is 18.0 Å². The third-order valence-corrected chi connectivity index (χ3v) is 3.09. The molecule has 6 heteroatoms. The number of hydrogen-bond donors (Lipinski definition) is 0. The average molecular weight is 318 g/mol. The molecule has 0 aromatic heterocycles. The van der Waals surface area contributed by atoms with Crippen LogP contribution in [0.2, 0.25) is 0 Å². The Hall–Kier alpha value is -1.72. The van der Waals surface area contributed by atoms with Gasteiger partial charge in [-0.2, -0.15) is 0 Å². The molecule has 124 valence electrons. The molecule has 0 aliphatic heterocycles. The third-order valence-electron chi connectivity index (χ3n) is 3.09. The first kappa shape index (κ1) is 18.3. The maximum Gasteiger partial charge on any atom is 0.577 e. The van der Waals surface area contributed by atoms with E-state index in [0.717, 1.165) is 18.4 Å². The molecule has 0 fully saturated rings. The van der Waals surface area contributed by atoms with Gasteiger partial charge in [0, 0.05) is 0 Å². The van der Waals surface area contributed by atoms with Crippen molar-refractivity contribution in [3.8, 4) is 0 Å². The third kappa shape index (κ3) is 8.54. The molecule has 0 aliphatic rings. The number of halogens is 3. The maximum absolute atomic E-state index is 11.7. The van der Waals surface area contributed by atoms with Crippen LogP contribution in [0.5, 0.6) is 0 Å². The topological polar surface area (TPSA) is 35.5 Å². The molecule has 0 heterocycles. The largest absolute Gasteiger partial charge is 0.577 e. The molecule has 22 heavy (non-hydrogen) atoms. The normalized spacial score (nSPS) is 11.3. The summed E-state index contributed by atoms with van der Waals surface area (Å²) in [4.78, 5) is 10.7. The van der Waals surface area contributed by atoms with Gasteiger partial charge in [-0.15, -0.1) is 13.2 Å². The molecular formula is C16H21F3O3. The van der Waals surface area contributed by atoms with Gasteiger partial charge in [-0.1, -0.05) is 44.0 Å². The van der Waals surface area contributed by atoms with Gasteiger partial charge in [0.15, 0.2) is 0 Å². The molecule has 0 amide bonds. The number of carbonyl (C=O) groups excluding carboxylic acids is 1. The fourth-order valence-corrected chi connectivity index (χ4v) is 2.08. The van der Waals surface area contributed by atoms with Crippen LogP contribution in [0.4, 0.5) is 18.0 Å². The van der Waals surface area contributed by atoms with Gasteiger partial charge in [0.25, 0.3) is 0 Å². The predicted octanol–water partition coefficient (Wildman–Crippen LogP) is 5.02. The Balaban J connectivity index is 2.27. The van der Waals surface area contributed by atoms with Crippen molar-refractivity contribution in [2.75, 3.05) is 6.61 Å². The van der Waals surface area contributed by atoms with E-state index in [2.05, 4.69) is 28.5 Å². The zero-order chi connectivity index (χ0) is 16.4. The molecule has 0 atom stereocenters. The van der Waals surface area contributed by atoms with Crippen LogP contribution in [0.1, 0.15) is 43.7 Å². The van der Waals surface area contributed by atoms with Crippen molar-refractivity contribution in [1.29, 1.82) is 0 Å². The Bertz CT molecular complexity index is 458. The molecule has 1 aromatic carbocycles. The van der Waals surface area contributed by atoms with Crippen molar-refractivity contribution in [2.45, 2.75) is 51.8 Å². The van der Waals surface area contributed by atoms with E-state index in [0.29, 0.717) is 12.8 Å². The first-order valence-electron chi connectivity index (χ1n) is 7.41. The minimum atomic E-state index is -5.00.